The third-order valence-electron chi connectivity index (χ3n) is 3.27. The van der Waals surface area contributed by atoms with E-state index < -0.39 is 11.9 Å². The highest BCUT2D eigenvalue weighted by atomic mass is 32.1. The largest absolute Gasteiger partial charge is 0.471 e. The number of alkyl halides is 3. The lowest BCUT2D eigenvalue weighted by atomic mass is 10.1. The highest BCUT2D eigenvalue weighted by Gasteiger charge is 2.35. The van der Waals surface area contributed by atoms with Gasteiger partial charge >= 0.3 is 6.18 Å². The monoisotopic (exact) mass is 343 g/mol. The molecule has 0 radical (unpaired) electrons. The highest BCUT2D eigenvalue weighted by molar-refractivity contribution is 7.09. The number of hydrogen-bond donors (Lipinski definition) is 0. The number of thiazole rings is 1. The van der Waals surface area contributed by atoms with Crippen LogP contribution >= 0.6 is 11.3 Å². The number of hydrogen-bond acceptors (Lipinski definition) is 5. The van der Waals surface area contributed by atoms with E-state index in [1.54, 1.807) is 5.38 Å². The molecule has 9 heteroatoms. The molecule has 23 heavy (non-hydrogen) atoms. The standard InChI is InChI=1S/C14H12F3N3O2S/c1-8-18-10(7-23-8)13(21)20-5-9(6-20)22-12-4-2-3-11(19-12)14(15,16)17/h2-4,7,9H,5-6H2,1H3. The van der Waals surface area contributed by atoms with Gasteiger partial charge in [0.05, 0.1) is 18.1 Å². The van der Waals surface area contributed by atoms with E-state index in [2.05, 4.69) is 9.97 Å². The van der Waals surface area contributed by atoms with Crippen molar-refractivity contribution in [1.29, 1.82) is 0 Å². The summed E-state index contributed by atoms with van der Waals surface area (Å²) in [7, 11) is 0. The van der Waals surface area contributed by atoms with Crippen molar-refractivity contribution in [3.05, 3.63) is 40.0 Å². The van der Waals surface area contributed by atoms with E-state index in [0.717, 1.165) is 11.1 Å². The summed E-state index contributed by atoms with van der Waals surface area (Å²) in [6.07, 6.45) is -4.88. The zero-order chi connectivity index (χ0) is 16.6. The first kappa shape index (κ1) is 15.7. The van der Waals surface area contributed by atoms with E-state index in [4.69, 9.17) is 4.74 Å². The first-order chi connectivity index (χ1) is 10.8. The third-order valence-corrected chi connectivity index (χ3v) is 4.05. The summed E-state index contributed by atoms with van der Waals surface area (Å²) in [4.78, 5) is 21.2. The third kappa shape index (κ3) is 3.44. The Morgan fingerprint density at radius 1 is 1.35 bits per heavy atom. The molecule has 1 saturated heterocycles. The topological polar surface area (TPSA) is 55.3 Å². The van der Waals surface area contributed by atoms with E-state index in [-0.39, 0.29) is 17.9 Å². The van der Waals surface area contributed by atoms with Crippen LogP contribution in [0, 0.1) is 6.92 Å². The average molecular weight is 343 g/mol. The van der Waals surface area contributed by atoms with Crippen molar-refractivity contribution >= 4 is 17.2 Å². The molecule has 1 aliphatic heterocycles. The molecule has 122 valence electrons. The number of ether oxygens (including phenoxy) is 1. The zero-order valence-corrected chi connectivity index (χ0v) is 12.8. The van der Waals surface area contributed by atoms with E-state index >= 15 is 0 Å². The number of pyridine rings is 1. The quantitative estimate of drug-likeness (QED) is 0.860. The number of amides is 1. The second-order valence-corrected chi connectivity index (χ2v) is 6.12. The van der Waals surface area contributed by atoms with Crippen LogP contribution in [0.4, 0.5) is 13.2 Å². The molecule has 2 aromatic heterocycles. The number of likely N-dealkylation sites (tertiary alicyclic amines) is 1. The molecule has 3 rings (SSSR count). The number of carbonyl (C=O) groups excluding carboxylic acids is 1. The van der Waals surface area contributed by atoms with E-state index in [9.17, 15) is 18.0 Å². The van der Waals surface area contributed by atoms with Crippen LogP contribution in [0.1, 0.15) is 21.2 Å². The Balaban J connectivity index is 1.57. The van der Waals surface area contributed by atoms with Gasteiger partial charge in [-0.1, -0.05) is 6.07 Å². The van der Waals surface area contributed by atoms with Gasteiger partial charge in [0.1, 0.15) is 17.5 Å². The van der Waals surface area contributed by atoms with Crippen LogP contribution in [0.3, 0.4) is 0 Å². The Bertz CT molecular complexity index is 726. The van der Waals surface area contributed by atoms with Crippen molar-refractivity contribution in [3.8, 4) is 5.88 Å². The molecule has 0 aromatic carbocycles. The van der Waals surface area contributed by atoms with Gasteiger partial charge in [-0.25, -0.2) is 9.97 Å². The van der Waals surface area contributed by atoms with E-state index in [1.165, 1.54) is 28.4 Å². The molecular weight excluding hydrogens is 331 g/mol. The summed E-state index contributed by atoms with van der Waals surface area (Å²) in [6.45, 7) is 2.41. The fourth-order valence-electron chi connectivity index (χ4n) is 2.11. The Kier molecular flexibility index (Phi) is 3.97. The molecular formula is C14H12F3N3O2S. The Morgan fingerprint density at radius 3 is 2.70 bits per heavy atom. The molecule has 3 heterocycles. The summed E-state index contributed by atoms with van der Waals surface area (Å²) in [5.74, 6) is -0.298. The number of carbonyl (C=O) groups is 1. The van der Waals surface area contributed by atoms with Gasteiger partial charge in [0.25, 0.3) is 5.91 Å². The van der Waals surface area contributed by atoms with E-state index in [0.29, 0.717) is 18.8 Å². The van der Waals surface area contributed by atoms with E-state index in [1.807, 2.05) is 6.92 Å². The van der Waals surface area contributed by atoms with Crippen LogP contribution in [0.15, 0.2) is 23.6 Å². The Hall–Kier alpha value is -2.16. The molecule has 0 bridgehead atoms. The molecule has 0 aliphatic carbocycles. The van der Waals surface area contributed by atoms with Crippen LogP contribution in [0.2, 0.25) is 0 Å². The number of aromatic nitrogens is 2. The minimum atomic E-state index is -4.51. The van der Waals surface area contributed by atoms with Crippen molar-refractivity contribution in [2.75, 3.05) is 13.1 Å². The summed E-state index contributed by atoms with van der Waals surface area (Å²) in [6, 6.07) is 3.49. The van der Waals surface area contributed by atoms with Crippen molar-refractivity contribution in [2.24, 2.45) is 0 Å². The first-order valence-corrected chi connectivity index (χ1v) is 7.63. The molecule has 5 nitrogen and oxygen atoms in total. The van der Waals surface area contributed by atoms with Gasteiger partial charge in [-0.05, 0) is 13.0 Å². The Morgan fingerprint density at radius 2 is 2.09 bits per heavy atom. The van der Waals surface area contributed by atoms with Gasteiger partial charge in [-0.2, -0.15) is 13.2 Å². The molecule has 1 aliphatic rings. The van der Waals surface area contributed by atoms with Crippen LogP contribution in [0.5, 0.6) is 5.88 Å². The highest BCUT2D eigenvalue weighted by Crippen LogP contribution is 2.29. The van der Waals surface area contributed by atoms with Crippen molar-refractivity contribution in [1.82, 2.24) is 14.9 Å². The number of aryl methyl sites for hydroxylation is 1. The van der Waals surface area contributed by atoms with Crippen LogP contribution in [-0.2, 0) is 6.18 Å². The smallest absolute Gasteiger partial charge is 0.433 e. The van der Waals surface area contributed by atoms with Gasteiger partial charge in [0.15, 0.2) is 0 Å². The van der Waals surface area contributed by atoms with Crippen LogP contribution in [-0.4, -0.2) is 40.0 Å². The predicted molar refractivity (Wildman–Crippen MR) is 76.4 cm³/mol. The maximum atomic E-state index is 12.6. The fourth-order valence-corrected chi connectivity index (χ4v) is 2.70. The van der Waals surface area contributed by atoms with Crippen LogP contribution in [0.25, 0.3) is 0 Å². The second kappa shape index (κ2) is 5.80. The number of rotatable bonds is 3. The maximum Gasteiger partial charge on any atom is 0.433 e. The molecule has 2 aromatic rings. The summed E-state index contributed by atoms with van der Waals surface area (Å²) in [5, 5.41) is 2.48. The summed E-state index contributed by atoms with van der Waals surface area (Å²) < 4.78 is 43.1. The molecule has 0 N–H and O–H groups in total. The normalized spacial score (nSPS) is 15.4. The number of halogens is 3. The molecule has 0 spiro atoms. The van der Waals surface area contributed by atoms with Gasteiger partial charge in [-0.3, -0.25) is 4.79 Å². The minimum absolute atomic E-state index is 0.0959. The van der Waals surface area contributed by atoms with Gasteiger partial charge < -0.3 is 9.64 Å². The van der Waals surface area contributed by atoms with Gasteiger partial charge in [-0.15, -0.1) is 11.3 Å². The average Bonchev–Trinajstić information content (AvgIpc) is 2.88. The fraction of sp³-hybridized carbons (Fsp3) is 0.357. The SMILES string of the molecule is Cc1nc(C(=O)N2CC(Oc3cccc(C(F)(F)F)n3)C2)cs1. The molecule has 0 atom stereocenters. The molecule has 1 fully saturated rings. The lowest BCUT2D eigenvalue weighted by Crippen LogP contribution is -2.56. The zero-order valence-electron chi connectivity index (χ0n) is 12.0. The maximum absolute atomic E-state index is 12.6. The molecule has 0 saturated carbocycles. The second-order valence-electron chi connectivity index (χ2n) is 5.06. The molecule has 0 unspecified atom stereocenters. The van der Waals surface area contributed by atoms with Crippen molar-refractivity contribution in [3.63, 3.8) is 0 Å². The van der Waals surface area contributed by atoms with Gasteiger partial charge in [0.2, 0.25) is 5.88 Å². The first-order valence-electron chi connectivity index (χ1n) is 6.75. The van der Waals surface area contributed by atoms with Crippen LogP contribution < -0.4 is 4.74 Å². The van der Waals surface area contributed by atoms with Gasteiger partial charge in [0, 0.05) is 11.4 Å². The lowest BCUT2D eigenvalue weighted by Gasteiger charge is -2.38. The summed E-state index contributed by atoms with van der Waals surface area (Å²) >= 11 is 1.39. The van der Waals surface area contributed by atoms with Crippen molar-refractivity contribution < 1.29 is 22.7 Å². The molecule has 1 amide bonds. The predicted octanol–water partition coefficient (Wildman–Crippen LogP) is 2.77. The summed E-state index contributed by atoms with van der Waals surface area (Å²) in [5.41, 5.74) is -0.622. The minimum Gasteiger partial charge on any atom is -0.471 e. The lowest BCUT2D eigenvalue weighted by molar-refractivity contribution is -0.141. The Labute approximate surface area is 133 Å². The van der Waals surface area contributed by atoms with Crippen molar-refractivity contribution in [2.45, 2.75) is 19.2 Å². The number of nitrogens with zero attached hydrogens (tertiary/aromatic N) is 3.